The lowest BCUT2D eigenvalue weighted by molar-refractivity contribution is -0.161. The van der Waals surface area contributed by atoms with Crippen molar-refractivity contribution in [1.82, 2.24) is 0 Å². The van der Waals surface area contributed by atoms with Crippen molar-refractivity contribution in [3.63, 3.8) is 0 Å². The van der Waals surface area contributed by atoms with Gasteiger partial charge in [0.15, 0.2) is 12.2 Å². The van der Waals surface area contributed by atoms with Crippen LogP contribution in [0.3, 0.4) is 0 Å². The number of ether oxygens (including phenoxy) is 4. The molecule has 0 aliphatic heterocycles. The highest BCUT2D eigenvalue weighted by atomic mass is 31.2. The topological polar surface area (TPSA) is 237 Å². The summed E-state index contributed by atoms with van der Waals surface area (Å²) in [6.07, 6.45) is 46.3. The minimum atomic E-state index is -4.95. The highest BCUT2D eigenvalue weighted by molar-refractivity contribution is 7.47. The summed E-state index contributed by atoms with van der Waals surface area (Å²) in [6.45, 7) is 14.1. The van der Waals surface area contributed by atoms with Crippen LogP contribution in [0.5, 0.6) is 0 Å². The fraction of sp³-hybridized carbons (Fsp3) is 0.945. The van der Waals surface area contributed by atoms with E-state index in [1.54, 1.807) is 0 Å². The molecule has 0 fully saturated rings. The van der Waals surface area contributed by atoms with Crippen LogP contribution < -0.4 is 0 Å². The standard InChI is InChI=1S/C73H142O17P2/c1-9-65(7)51-43-35-25-21-19-17-15-13-11-12-14-16-18-20-22-28-39-47-55-72(77)89-68(60-84-71(76)54-46-38-31-29-33-41-49-63(3)4)61-87-91(79,80)85-57-67(74)58-86-92(81,82)88-62-69(90-73(78)56-48-40-32-30-34-42-50-64(5)6)59-83-70(75)53-45-37-27-24-23-26-36-44-52-66(8)10-2/h63-69,74H,9-62H2,1-8H3,(H,79,80)(H,81,82)/t65?,66?,67-,68+,69+/m0/s1. The van der Waals surface area contributed by atoms with Crippen LogP contribution in [0.15, 0.2) is 0 Å². The lowest BCUT2D eigenvalue weighted by Gasteiger charge is -2.21. The molecule has 0 bridgehead atoms. The summed E-state index contributed by atoms with van der Waals surface area (Å²) in [5.41, 5.74) is 0. The molecule has 0 spiro atoms. The van der Waals surface area contributed by atoms with Crippen LogP contribution in [0, 0.1) is 23.7 Å². The molecule has 17 nitrogen and oxygen atoms in total. The number of carbonyl (C=O) groups is 4. The number of aliphatic hydroxyl groups excluding tert-OH is 1. The van der Waals surface area contributed by atoms with Crippen LogP contribution in [0.25, 0.3) is 0 Å². The van der Waals surface area contributed by atoms with Gasteiger partial charge in [0, 0.05) is 25.7 Å². The summed E-state index contributed by atoms with van der Waals surface area (Å²) in [5, 5.41) is 10.6. The monoisotopic (exact) mass is 1350 g/mol. The summed E-state index contributed by atoms with van der Waals surface area (Å²) in [4.78, 5) is 72.5. The Labute approximate surface area is 562 Å². The number of hydrogen-bond acceptors (Lipinski definition) is 15. The molecule has 546 valence electrons. The Morgan fingerprint density at radius 3 is 0.772 bits per heavy atom. The molecule has 0 radical (unpaired) electrons. The highest BCUT2D eigenvalue weighted by Gasteiger charge is 2.30. The van der Waals surface area contributed by atoms with Gasteiger partial charge in [-0.2, -0.15) is 0 Å². The smallest absolute Gasteiger partial charge is 0.462 e. The lowest BCUT2D eigenvalue weighted by Crippen LogP contribution is -2.30. The van der Waals surface area contributed by atoms with Crippen molar-refractivity contribution in [1.29, 1.82) is 0 Å². The van der Waals surface area contributed by atoms with Crippen LogP contribution >= 0.6 is 15.6 Å². The Morgan fingerprint density at radius 2 is 0.522 bits per heavy atom. The van der Waals surface area contributed by atoms with Gasteiger partial charge in [0.2, 0.25) is 0 Å². The van der Waals surface area contributed by atoms with Gasteiger partial charge in [0.1, 0.15) is 19.3 Å². The number of hydrogen-bond donors (Lipinski definition) is 3. The van der Waals surface area contributed by atoms with Gasteiger partial charge in [0.05, 0.1) is 26.4 Å². The number of phosphoric acid groups is 2. The normalized spacial score (nSPS) is 14.8. The first-order valence-electron chi connectivity index (χ1n) is 37.8. The molecule has 19 heteroatoms. The second-order valence-electron chi connectivity index (χ2n) is 27.8. The number of carbonyl (C=O) groups excluding carboxylic acids is 4. The molecule has 0 aliphatic rings. The van der Waals surface area contributed by atoms with E-state index >= 15 is 0 Å². The van der Waals surface area contributed by atoms with Crippen molar-refractivity contribution in [2.24, 2.45) is 23.7 Å². The molecule has 3 N–H and O–H groups in total. The Hall–Kier alpha value is -1.94. The van der Waals surface area contributed by atoms with Gasteiger partial charge in [-0.3, -0.25) is 37.3 Å². The van der Waals surface area contributed by atoms with Crippen molar-refractivity contribution < 1.29 is 80.2 Å². The number of aliphatic hydroxyl groups is 1. The minimum Gasteiger partial charge on any atom is -0.462 e. The third kappa shape index (κ3) is 64.1. The highest BCUT2D eigenvalue weighted by Crippen LogP contribution is 2.45. The van der Waals surface area contributed by atoms with Crippen molar-refractivity contribution in [2.45, 2.75) is 382 Å². The fourth-order valence-corrected chi connectivity index (χ4v) is 12.5. The predicted molar refractivity (Wildman–Crippen MR) is 372 cm³/mol. The van der Waals surface area contributed by atoms with Gasteiger partial charge in [-0.25, -0.2) is 9.13 Å². The number of phosphoric ester groups is 2. The third-order valence-corrected chi connectivity index (χ3v) is 19.4. The van der Waals surface area contributed by atoms with E-state index in [9.17, 15) is 43.2 Å². The van der Waals surface area contributed by atoms with E-state index < -0.39 is 97.5 Å². The molecule has 0 aromatic heterocycles. The molecule has 0 aromatic rings. The zero-order valence-electron chi connectivity index (χ0n) is 60.2. The zero-order valence-corrected chi connectivity index (χ0v) is 62.0. The molecule has 4 unspecified atom stereocenters. The van der Waals surface area contributed by atoms with Gasteiger partial charge in [-0.15, -0.1) is 0 Å². The quantitative estimate of drug-likeness (QED) is 0.0222. The lowest BCUT2D eigenvalue weighted by atomic mass is 9.99. The van der Waals surface area contributed by atoms with E-state index in [2.05, 4.69) is 55.4 Å². The van der Waals surface area contributed by atoms with E-state index in [1.165, 1.54) is 161 Å². The zero-order chi connectivity index (χ0) is 68.2. The fourth-order valence-electron chi connectivity index (χ4n) is 11.0. The summed E-state index contributed by atoms with van der Waals surface area (Å²) in [6, 6.07) is 0. The SMILES string of the molecule is CCC(C)CCCCCCCCCCCCCCCCCCCCC(=O)O[C@H](COC(=O)CCCCCCCCC(C)C)COP(=O)(O)OC[C@H](O)COP(=O)(O)OC[C@@H](COC(=O)CCCCCCCCCCC(C)CC)OC(=O)CCCCCCCCC(C)C. The molecule has 0 amide bonds. The first-order valence-corrected chi connectivity index (χ1v) is 40.8. The van der Waals surface area contributed by atoms with Gasteiger partial charge in [-0.1, -0.05) is 312 Å². The molecule has 0 saturated carbocycles. The average molecular weight is 1350 g/mol. The van der Waals surface area contributed by atoms with Gasteiger partial charge >= 0.3 is 39.5 Å². The maximum Gasteiger partial charge on any atom is 0.472 e. The van der Waals surface area contributed by atoms with E-state index in [0.29, 0.717) is 37.5 Å². The van der Waals surface area contributed by atoms with Gasteiger partial charge in [-0.05, 0) is 49.4 Å². The average Bonchev–Trinajstić information content (AvgIpc) is 2.38. The Kier molecular flexibility index (Phi) is 61.3. The first kappa shape index (κ1) is 90.1. The van der Waals surface area contributed by atoms with E-state index in [4.69, 9.17) is 37.0 Å². The minimum absolute atomic E-state index is 0.101. The largest absolute Gasteiger partial charge is 0.472 e. The second-order valence-corrected chi connectivity index (χ2v) is 30.7. The molecule has 0 aliphatic carbocycles. The van der Waals surface area contributed by atoms with E-state index in [-0.39, 0.29) is 25.7 Å². The Morgan fingerprint density at radius 1 is 0.304 bits per heavy atom. The molecule has 0 saturated heterocycles. The summed E-state index contributed by atoms with van der Waals surface area (Å²) < 4.78 is 68.3. The first-order chi connectivity index (χ1) is 44.2. The summed E-state index contributed by atoms with van der Waals surface area (Å²) in [7, 11) is -9.90. The Bertz CT molecular complexity index is 1820. The van der Waals surface area contributed by atoms with E-state index in [1.807, 2.05) is 0 Å². The maximum absolute atomic E-state index is 13.0. The van der Waals surface area contributed by atoms with Gasteiger partial charge < -0.3 is 33.8 Å². The van der Waals surface area contributed by atoms with Crippen LogP contribution in [0.1, 0.15) is 364 Å². The van der Waals surface area contributed by atoms with Crippen molar-refractivity contribution in [2.75, 3.05) is 39.6 Å². The molecule has 92 heavy (non-hydrogen) atoms. The number of unbranched alkanes of at least 4 members (excludes halogenated alkanes) is 34. The predicted octanol–water partition coefficient (Wildman–Crippen LogP) is 20.9. The third-order valence-electron chi connectivity index (χ3n) is 17.5. The van der Waals surface area contributed by atoms with Crippen LogP contribution in [-0.4, -0.2) is 96.7 Å². The molecular formula is C73H142O17P2. The van der Waals surface area contributed by atoms with Crippen molar-refractivity contribution in [3.8, 4) is 0 Å². The summed E-state index contributed by atoms with van der Waals surface area (Å²) >= 11 is 0. The molecule has 7 atom stereocenters. The van der Waals surface area contributed by atoms with E-state index in [0.717, 1.165) is 108 Å². The molecule has 0 heterocycles. The summed E-state index contributed by atoms with van der Waals surface area (Å²) in [5.74, 6) is 0.864. The van der Waals surface area contributed by atoms with Crippen LogP contribution in [-0.2, 0) is 65.4 Å². The van der Waals surface area contributed by atoms with Crippen LogP contribution in [0.2, 0.25) is 0 Å². The maximum atomic E-state index is 13.0. The molecule has 0 aromatic carbocycles. The molecule has 0 rings (SSSR count). The van der Waals surface area contributed by atoms with Gasteiger partial charge in [0.25, 0.3) is 0 Å². The Balaban J connectivity index is 5.12. The second kappa shape index (κ2) is 62.6. The number of rotatable bonds is 70. The van der Waals surface area contributed by atoms with Crippen molar-refractivity contribution in [3.05, 3.63) is 0 Å². The van der Waals surface area contributed by atoms with Crippen LogP contribution in [0.4, 0.5) is 0 Å². The van der Waals surface area contributed by atoms with Crippen molar-refractivity contribution >= 4 is 39.5 Å². The number of esters is 4. The molecular weight excluding hydrogens is 1210 g/mol.